The van der Waals surface area contributed by atoms with E-state index in [0.29, 0.717) is 17.3 Å². The van der Waals surface area contributed by atoms with Crippen molar-refractivity contribution in [2.24, 2.45) is 0 Å². The number of benzene rings is 2. The molecule has 0 unspecified atom stereocenters. The number of thiocarbonyl (C=S) groups is 1. The molecule has 5 heteroatoms. The molecule has 1 aliphatic rings. The van der Waals surface area contributed by atoms with Crippen molar-refractivity contribution in [1.29, 1.82) is 0 Å². The Kier molecular flexibility index (Phi) is 6.06. The molecule has 0 aliphatic carbocycles. The van der Waals surface area contributed by atoms with Gasteiger partial charge in [-0.3, -0.25) is 0 Å². The first kappa shape index (κ1) is 20.7. The lowest BCUT2D eigenvalue weighted by Gasteiger charge is -2.50. The largest absolute Gasteiger partial charge is 0.342 e. The summed E-state index contributed by atoms with van der Waals surface area (Å²) < 4.78 is 14.2. The van der Waals surface area contributed by atoms with E-state index in [0.717, 1.165) is 12.8 Å². The minimum absolute atomic E-state index is 0.00500. The third kappa shape index (κ3) is 5.30. The number of halogens is 1. The number of hydrogen-bond acceptors (Lipinski definition) is 2. The van der Waals surface area contributed by atoms with Crippen LogP contribution in [0.15, 0.2) is 54.6 Å². The topological polar surface area (TPSA) is 27.3 Å². The standard InChI is InChI=1S/C23H30FN3S/c1-22(2)14-18(15-23(3,4)26-22)27(16-17-10-6-5-7-11-17)21(28)25-20-13-9-8-12-19(20)24/h5-13,18,26H,14-16H2,1-4H3,(H,25,28). The number of nitrogens with one attached hydrogen (secondary N) is 2. The van der Waals surface area contributed by atoms with Crippen molar-refractivity contribution in [2.45, 2.75) is 64.2 Å². The normalized spacial score (nSPS) is 18.5. The van der Waals surface area contributed by atoms with E-state index < -0.39 is 0 Å². The molecule has 1 heterocycles. The molecular weight excluding hydrogens is 369 g/mol. The van der Waals surface area contributed by atoms with Gasteiger partial charge in [-0.1, -0.05) is 42.5 Å². The molecule has 0 spiro atoms. The van der Waals surface area contributed by atoms with Crippen LogP contribution in [-0.4, -0.2) is 27.1 Å². The highest BCUT2D eigenvalue weighted by atomic mass is 32.1. The first-order valence-electron chi connectivity index (χ1n) is 9.81. The summed E-state index contributed by atoms with van der Waals surface area (Å²) in [6.45, 7) is 9.62. The van der Waals surface area contributed by atoms with Crippen LogP contribution in [0, 0.1) is 5.82 Å². The molecule has 0 amide bonds. The fraction of sp³-hybridized carbons (Fsp3) is 0.435. The maximum absolute atomic E-state index is 14.2. The van der Waals surface area contributed by atoms with Crippen molar-refractivity contribution in [3.63, 3.8) is 0 Å². The molecular formula is C23H30FN3S. The zero-order valence-corrected chi connectivity index (χ0v) is 17.9. The lowest BCUT2D eigenvalue weighted by atomic mass is 9.79. The third-order valence-corrected chi connectivity index (χ3v) is 5.52. The maximum atomic E-state index is 14.2. The van der Waals surface area contributed by atoms with Crippen LogP contribution in [0.5, 0.6) is 0 Å². The van der Waals surface area contributed by atoms with E-state index in [1.807, 2.05) is 24.3 Å². The van der Waals surface area contributed by atoms with Crippen molar-refractivity contribution in [1.82, 2.24) is 10.2 Å². The predicted molar refractivity (Wildman–Crippen MR) is 119 cm³/mol. The third-order valence-electron chi connectivity index (χ3n) is 5.18. The molecule has 150 valence electrons. The monoisotopic (exact) mass is 399 g/mol. The Morgan fingerprint density at radius 2 is 1.61 bits per heavy atom. The van der Waals surface area contributed by atoms with Gasteiger partial charge >= 0.3 is 0 Å². The van der Waals surface area contributed by atoms with Gasteiger partial charge in [-0.2, -0.15) is 0 Å². The number of hydrogen-bond donors (Lipinski definition) is 2. The molecule has 0 bridgehead atoms. The molecule has 0 aromatic heterocycles. The first-order valence-corrected chi connectivity index (χ1v) is 10.2. The second kappa shape index (κ2) is 8.18. The van der Waals surface area contributed by atoms with Crippen LogP contribution in [0.2, 0.25) is 0 Å². The van der Waals surface area contributed by atoms with Crippen LogP contribution < -0.4 is 10.6 Å². The Bertz CT molecular complexity index is 804. The van der Waals surface area contributed by atoms with Gasteiger partial charge < -0.3 is 15.5 Å². The smallest absolute Gasteiger partial charge is 0.174 e. The summed E-state index contributed by atoms with van der Waals surface area (Å²) in [6, 6.07) is 17.2. The van der Waals surface area contributed by atoms with Crippen molar-refractivity contribution >= 4 is 23.0 Å². The van der Waals surface area contributed by atoms with Crippen LogP contribution in [-0.2, 0) is 6.54 Å². The molecule has 3 nitrogen and oxygen atoms in total. The van der Waals surface area contributed by atoms with Crippen LogP contribution in [0.4, 0.5) is 10.1 Å². The number of nitrogens with zero attached hydrogens (tertiary/aromatic N) is 1. The van der Waals surface area contributed by atoms with Gasteiger partial charge in [-0.05, 0) is 70.5 Å². The first-order chi connectivity index (χ1) is 13.2. The Morgan fingerprint density at radius 1 is 1.04 bits per heavy atom. The number of para-hydroxylation sites is 1. The van der Waals surface area contributed by atoms with Gasteiger partial charge in [-0.15, -0.1) is 0 Å². The molecule has 0 radical (unpaired) electrons. The molecule has 28 heavy (non-hydrogen) atoms. The fourth-order valence-corrected chi connectivity index (χ4v) is 4.71. The summed E-state index contributed by atoms with van der Waals surface area (Å²) in [7, 11) is 0. The zero-order chi connectivity index (χ0) is 20.4. The zero-order valence-electron chi connectivity index (χ0n) is 17.1. The summed E-state index contributed by atoms with van der Waals surface area (Å²) >= 11 is 5.77. The molecule has 3 rings (SSSR count). The minimum Gasteiger partial charge on any atom is -0.342 e. The van der Waals surface area contributed by atoms with Gasteiger partial charge in [0.25, 0.3) is 0 Å². The molecule has 1 fully saturated rings. The van der Waals surface area contributed by atoms with Gasteiger partial charge in [-0.25, -0.2) is 4.39 Å². The van der Waals surface area contributed by atoms with E-state index in [9.17, 15) is 4.39 Å². The van der Waals surface area contributed by atoms with Gasteiger partial charge in [0.15, 0.2) is 5.11 Å². The van der Waals surface area contributed by atoms with Crippen molar-refractivity contribution in [3.05, 3.63) is 66.0 Å². The lowest BCUT2D eigenvalue weighted by Crippen LogP contribution is -2.63. The summed E-state index contributed by atoms with van der Waals surface area (Å²) in [5.41, 5.74) is 1.59. The van der Waals surface area contributed by atoms with E-state index in [1.54, 1.807) is 12.1 Å². The average molecular weight is 400 g/mol. The van der Waals surface area contributed by atoms with Crippen LogP contribution in [0.25, 0.3) is 0 Å². The van der Waals surface area contributed by atoms with Crippen molar-refractivity contribution in [3.8, 4) is 0 Å². The van der Waals surface area contributed by atoms with Gasteiger partial charge in [0.2, 0.25) is 0 Å². The van der Waals surface area contributed by atoms with Gasteiger partial charge in [0.1, 0.15) is 5.82 Å². The van der Waals surface area contributed by atoms with Crippen LogP contribution in [0.1, 0.15) is 46.1 Å². The summed E-state index contributed by atoms with van der Waals surface area (Å²) in [6.07, 6.45) is 1.92. The van der Waals surface area contributed by atoms with Crippen LogP contribution >= 0.6 is 12.2 Å². The molecule has 1 aliphatic heterocycles. The second-order valence-electron chi connectivity index (χ2n) is 8.98. The Hall–Kier alpha value is -1.98. The molecule has 0 atom stereocenters. The van der Waals surface area contributed by atoms with E-state index in [-0.39, 0.29) is 22.9 Å². The highest BCUT2D eigenvalue weighted by molar-refractivity contribution is 7.80. The van der Waals surface area contributed by atoms with Gasteiger partial charge in [0, 0.05) is 23.7 Å². The van der Waals surface area contributed by atoms with Gasteiger partial charge in [0.05, 0.1) is 5.69 Å². The Balaban J connectivity index is 1.88. The Morgan fingerprint density at radius 3 is 2.21 bits per heavy atom. The Labute approximate surface area is 173 Å². The molecule has 0 saturated carbocycles. The molecule has 2 aromatic carbocycles. The minimum atomic E-state index is -0.296. The summed E-state index contributed by atoms with van der Waals surface area (Å²) in [4.78, 5) is 2.22. The SMILES string of the molecule is CC1(C)CC(N(Cc2ccccc2)C(=S)Nc2ccccc2F)CC(C)(C)N1. The maximum Gasteiger partial charge on any atom is 0.174 e. The second-order valence-corrected chi connectivity index (χ2v) is 9.37. The number of piperidine rings is 1. The molecule has 1 saturated heterocycles. The average Bonchev–Trinajstić information content (AvgIpc) is 2.60. The lowest BCUT2D eigenvalue weighted by molar-refractivity contribution is 0.101. The highest BCUT2D eigenvalue weighted by Crippen LogP contribution is 2.33. The highest BCUT2D eigenvalue weighted by Gasteiger charge is 2.40. The van der Waals surface area contributed by atoms with E-state index in [4.69, 9.17) is 12.2 Å². The van der Waals surface area contributed by atoms with Crippen LogP contribution in [0.3, 0.4) is 0 Å². The quantitative estimate of drug-likeness (QED) is 0.679. The number of anilines is 1. The summed E-state index contributed by atoms with van der Waals surface area (Å²) in [5, 5.41) is 7.44. The van der Waals surface area contributed by atoms with Crippen molar-refractivity contribution < 1.29 is 4.39 Å². The van der Waals surface area contributed by atoms with E-state index in [2.05, 4.69) is 55.4 Å². The predicted octanol–water partition coefficient (Wildman–Crippen LogP) is 5.33. The van der Waals surface area contributed by atoms with Crippen molar-refractivity contribution in [2.75, 3.05) is 5.32 Å². The summed E-state index contributed by atoms with van der Waals surface area (Å²) in [5.74, 6) is -0.296. The fourth-order valence-electron chi connectivity index (χ4n) is 4.39. The van der Waals surface area contributed by atoms with E-state index >= 15 is 0 Å². The van der Waals surface area contributed by atoms with E-state index in [1.165, 1.54) is 11.6 Å². The number of rotatable bonds is 4. The molecule has 2 aromatic rings. The molecule has 2 N–H and O–H groups in total.